The SMILES string of the molecule is CCCCN1C(=O)C(=Cc2csc(Br)c2)NC1=S. The molecule has 0 aliphatic carbocycles. The van der Waals surface area contributed by atoms with Crippen LogP contribution in [-0.4, -0.2) is 22.5 Å². The van der Waals surface area contributed by atoms with Crippen LogP contribution in [0.4, 0.5) is 0 Å². The van der Waals surface area contributed by atoms with Crippen LogP contribution in [0.3, 0.4) is 0 Å². The van der Waals surface area contributed by atoms with E-state index >= 15 is 0 Å². The Bertz CT molecular complexity index is 510. The molecule has 0 bridgehead atoms. The van der Waals surface area contributed by atoms with E-state index in [1.807, 2.05) is 17.5 Å². The largest absolute Gasteiger partial charge is 0.328 e. The minimum Gasteiger partial charge on any atom is -0.328 e. The number of carbonyl (C=O) groups is 1. The smallest absolute Gasteiger partial charge is 0.276 e. The third-order valence-electron chi connectivity index (χ3n) is 2.60. The van der Waals surface area contributed by atoms with Crippen molar-refractivity contribution in [2.45, 2.75) is 19.8 Å². The molecule has 18 heavy (non-hydrogen) atoms. The second-order valence-electron chi connectivity index (χ2n) is 3.98. The number of unbranched alkanes of at least 4 members (excludes halogenated alkanes) is 1. The van der Waals surface area contributed by atoms with Crippen LogP contribution in [0.5, 0.6) is 0 Å². The molecule has 0 radical (unpaired) electrons. The summed E-state index contributed by atoms with van der Waals surface area (Å²) in [5.74, 6) is -0.0317. The normalized spacial score (nSPS) is 17.7. The van der Waals surface area contributed by atoms with Crippen molar-refractivity contribution in [2.75, 3.05) is 6.54 Å². The molecule has 0 spiro atoms. The minimum absolute atomic E-state index is 0.0317. The van der Waals surface area contributed by atoms with E-state index < -0.39 is 0 Å². The summed E-state index contributed by atoms with van der Waals surface area (Å²) in [6.45, 7) is 2.78. The van der Waals surface area contributed by atoms with Gasteiger partial charge in [0.05, 0.1) is 3.79 Å². The number of hydrogen-bond acceptors (Lipinski definition) is 3. The number of nitrogens with one attached hydrogen (secondary N) is 1. The van der Waals surface area contributed by atoms with E-state index in [0.717, 1.165) is 22.2 Å². The molecule has 1 aromatic heterocycles. The van der Waals surface area contributed by atoms with Crippen molar-refractivity contribution >= 4 is 56.6 Å². The maximum Gasteiger partial charge on any atom is 0.276 e. The van der Waals surface area contributed by atoms with Gasteiger partial charge in [0.15, 0.2) is 5.11 Å². The van der Waals surface area contributed by atoms with Crippen LogP contribution in [0.1, 0.15) is 25.3 Å². The quantitative estimate of drug-likeness (QED) is 0.671. The van der Waals surface area contributed by atoms with E-state index in [1.165, 1.54) is 0 Å². The first-order chi connectivity index (χ1) is 8.61. The molecule has 0 aromatic carbocycles. The van der Waals surface area contributed by atoms with Gasteiger partial charge in [-0.25, -0.2) is 0 Å². The van der Waals surface area contributed by atoms with Crippen LogP contribution in [0.25, 0.3) is 6.08 Å². The number of thiocarbonyl (C=S) groups is 1. The summed E-state index contributed by atoms with van der Waals surface area (Å²) < 4.78 is 1.05. The van der Waals surface area contributed by atoms with E-state index in [1.54, 1.807) is 16.2 Å². The summed E-state index contributed by atoms with van der Waals surface area (Å²) in [4.78, 5) is 13.8. The fourth-order valence-electron chi connectivity index (χ4n) is 1.66. The topological polar surface area (TPSA) is 32.3 Å². The number of hydrogen-bond donors (Lipinski definition) is 1. The molecular formula is C12H13BrN2OS2. The molecule has 1 saturated heterocycles. The summed E-state index contributed by atoms with van der Waals surface area (Å²) in [6.07, 6.45) is 3.84. The predicted octanol–water partition coefficient (Wildman–Crippen LogP) is 3.37. The molecule has 6 heteroatoms. The lowest BCUT2D eigenvalue weighted by atomic mass is 10.2. The third kappa shape index (κ3) is 2.99. The Hall–Kier alpha value is -0.720. The average molecular weight is 345 g/mol. The maximum absolute atomic E-state index is 12.1. The average Bonchev–Trinajstić information content (AvgIpc) is 2.84. The van der Waals surface area contributed by atoms with Crippen LogP contribution in [0.15, 0.2) is 20.9 Å². The fraction of sp³-hybridized carbons (Fsp3) is 0.333. The monoisotopic (exact) mass is 344 g/mol. The molecule has 1 amide bonds. The van der Waals surface area contributed by atoms with E-state index in [4.69, 9.17) is 12.2 Å². The van der Waals surface area contributed by atoms with Crippen LogP contribution in [0, 0.1) is 0 Å². The van der Waals surface area contributed by atoms with Crippen molar-refractivity contribution < 1.29 is 4.79 Å². The predicted molar refractivity (Wildman–Crippen MR) is 82.4 cm³/mol. The van der Waals surface area contributed by atoms with E-state index in [2.05, 4.69) is 28.2 Å². The van der Waals surface area contributed by atoms with Gasteiger partial charge in [-0.15, -0.1) is 11.3 Å². The molecule has 0 unspecified atom stereocenters. The van der Waals surface area contributed by atoms with Crippen molar-refractivity contribution in [3.05, 3.63) is 26.5 Å². The summed E-state index contributed by atoms with van der Waals surface area (Å²) in [5.41, 5.74) is 1.56. The first kappa shape index (κ1) is 13.7. The van der Waals surface area contributed by atoms with E-state index in [0.29, 0.717) is 17.4 Å². The lowest BCUT2D eigenvalue weighted by Crippen LogP contribution is -2.31. The summed E-state index contributed by atoms with van der Waals surface area (Å²) in [7, 11) is 0. The highest BCUT2D eigenvalue weighted by atomic mass is 79.9. The van der Waals surface area contributed by atoms with Crippen molar-refractivity contribution in [1.29, 1.82) is 0 Å². The van der Waals surface area contributed by atoms with Gasteiger partial charge in [-0.3, -0.25) is 9.69 Å². The van der Waals surface area contributed by atoms with Crippen LogP contribution < -0.4 is 5.32 Å². The van der Waals surface area contributed by atoms with Gasteiger partial charge in [-0.2, -0.15) is 0 Å². The minimum atomic E-state index is -0.0317. The molecule has 1 aliphatic heterocycles. The number of carbonyl (C=O) groups excluding carboxylic acids is 1. The van der Waals surface area contributed by atoms with Gasteiger partial charge in [0, 0.05) is 6.54 Å². The molecule has 1 fully saturated rings. The highest BCUT2D eigenvalue weighted by Crippen LogP contribution is 2.23. The molecule has 1 aliphatic rings. The van der Waals surface area contributed by atoms with Gasteiger partial charge in [0.1, 0.15) is 5.70 Å². The fourth-order valence-corrected chi connectivity index (χ4v) is 3.07. The molecule has 0 saturated carbocycles. The lowest BCUT2D eigenvalue weighted by molar-refractivity contribution is -0.122. The Morgan fingerprint density at radius 1 is 1.61 bits per heavy atom. The summed E-state index contributed by atoms with van der Waals surface area (Å²) >= 11 is 10.2. The van der Waals surface area contributed by atoms with E-state index in [-0.39, 0.29) is 5.91 Å². The zero-order valence-electron chi connectivity index (χ0n) is 9.90. The third-order valence-corrected chi connectivity index (χ3v) is 4.44. The highest BCUT2D eigenvalue weighted by Gasteiger charge is 2.29. The Morgan fingerprint density at radius 3 is 3.00 bits per heavy atom. The van der Waals surface area contributed by atoms with Crippen LogP contribution in [-0.2, 0) is 4.79 Å². The second kappa shape index (κ2) is 5.95. The van der Waals surface area contributed by atoms with Crippen molar-refractivity contribution in [2.24, 2.45) is 0 Å². The van der Waals surface area contributed by atoms with Crippen molar-refractivity contribution in [3.8, 4) is 0 Å². The summed E-state index contributed by atoms with van der Waals surface area (Å²) in [5, 5.41) is 5.48. The van der Waals surface area contributed by atoms with Gasteiger partial charge in [0.2, 0.25) is 0 Å². The van der Waals surface area contributed by atoms with Gasteiger partial charge in [0.25, 0.3) is 5.91 Å². The first-order valence-corrected chi connectivity index (χ1v) is 7.78. The molecule has 96 valence electrons. The molecule has 3 nitrogen and oxygen atoms in total. The molecule has 2 rings (SSSR count). The molecule has 1 aromatic rings. The highest BCUT2D eigenvalue weighted by molar-refractivity contribution is 9.11. The molecule has 2 heterocycles. The Labute approximate surface area is 124 Å². The number of rotatable bonds is 4. The van der Waals surface area contributed by atoms with Crippen LogP contribution >= 0.6 is 39.5 Å². The lowest BCUT2D eigenvalue weighted by Gasteiger charge is -2.12. The Morgan fingerprint density at radius 2 is 2.39 bits per heavy atom. The molecule has 1 N–H and O–H groups in total. The number of halogens is 1. The summed E-state index contributed by atoms with van der Waals surface area (Å²) in [6, 6.07) is 1.98. The number of thiophene rings is 1. The van der Waals surface area contributed by atoms with Crippen molar-refractivity contribution in [1.82, 2.24) is 10.2 Å². The zero-order valence-corrected chi connectivity index (χ0v) is 13.1. The number of amides is 1. The number of nitrogens with zero attached hydrogens (tertiary/aromatic N) is 1. The Balaban J connectivity index is 2.14. The standard InChI is InChI=1S/C12H13BrN2OS2/c1-2-3-4-15-11(16)9(14-12(15)17)5-8-6-10(13)18-7-8/h5-7H,2-4H2,1H3,(H,14,17). The second-order valence-corrected chi connectivity index (χ2v) is 6.66. The first-order valence-electron chi connectivity index (χ1n) is 5.70. The zero-order chi connectivity index (χ0) is 13.1. The van der Waals surface area contributed by atoms with Gasteiger partial charge in [-0.1, -0.05) is 13.3 Å². The van der Waals surface area contributed by atoms with E-state index in [9.17, 15) is 4.79 Å². The van der Waals surface area contributed by atoms with Gasteiger partial charge >= 0.3 is 0 Å². The van der Waals surface area contributed by atoms with Gasteiger partial charge in [-0.05, 0) is 57.7 Å². The van der Waals surface area contributed by atoms with Crippen LogP contribution in [0.2, 0.25) is 0 Å². The maximum atomic E-state index is 12.1. The molecule has 0 atom stereocenters. The molecular weight excluding hydrogens is 332 g/mol. The Kier molecular flexibility index (Phi) is 4.53. The van der Waals surface area contributed by atoms with Gasteiger partial charge < -0.3 is 5.32 Å². The van der Waals surface area contributed by atoms with Crippen molar-refractivity contribution in [3.63, 3.8) is 0 Å².